The Morgan fingerprint density at radius 3 is 2.64 bits per heavy atom. The van der Waals surface area contributed by atoms with Crippen LogP contribution in [0.25, 0.3) is 33.1 Å². The molecule has 0 saturated carbocycles. The molecule has 0 spiro atoms. The molecule has 3 aromatic heterocycles. The van der Waals surface area contributed by atoms with Gasteiger partial charge in [0, 0.05) is 28.1 Å². The second-order valence-corrected chi connectivity index (χ2v) is 7.96. The summed E-state index contributed by atoms with van der Waals surface area (Å²) in [6.07, 6.45) is 3.37. The molecule has 0 saturated heterocycles. The monoisotopic (exact) mass is 453 g/mol. The van der Waals surface area contributed by atoms with Gasteiger partial charge in [-0.1, -0.05) is 35.4 Å². The smallest absolute Gasteiger partial charge is 0.161 e. The van der Waals surface area contributed by atoms with Crippen LogP contribution in [0.1, 0.15) is 11.1 Å². The van der Waals surface area contributed by atoms with Crippen LogP contribution in [0, 0.1) is 6.92 Å². The predicted molar refractivity (Wildman–Crippen MR) is 134 cm³/mol. The van der Waals surface area contributed by atoms with Gasteiger partial charge in [-0.15, -0.1) is 0 Å². The van der Waals surface area contributed by atoms with Crippen molar-refractivity contribution < 1.29 is 4.74 Å². The number of hydrogen-bond acceptors (Lipinski definition) is 6. The molecule has 0 aliphatic heterocycles. The Hall–Kier alpha value is -4.03. The maximum atomic E-state index is 6.39. The maximum Gasteiger partial charge on any atom is 0.161 e. The highest BCUT2D eigenvalue weighted by atomic mass is 35.5. The molecule has 0 atom stereocenters. The van der Waals surface area contributed by atoms with Crippen molar-refractivity contribution >= 4 is 45.6 Å². The average Bonchev–Trinajstić information content (AvgIpc) is 2.84. The summed E-state index contributed by atoms with van der Waals surface area (Å²) in [6.45, 7) is 2.05. The van der Waals surface area contributed by atoms with Crippen molar-refractivity contribution in [2.24, 2.45) is 5.10 Å². The Kier molecular flexibility index (Phi) is 5.59. The Balaban J connectivity index is 1.52. The van der Waals surface area contributed by atoms with Crippen LogP contribution in [0.5, 0.6) is 5.75 Å². The quantitative estimate of drug-likeness (QED) is 0.193. The lowest BCUT2D eigenvalue weighted by Gasteiger charge is -2.11. The van der Waals surface area contributed by atoms with Crippen LogP contribution in [-0.2, 0) is 0 Å². The first kappa shape index (κ1) is 20.8. The molecule has 0 amide bonds. The minimum absolute atomic E-state index is 0.389. The summed E-state index contributed by atoms with van der Waals surface area (Å²) in [5.74, 6) is 1.37. The summed E-state index contributed by atoms with van der Waals surface area (Å²) in [4.78, 5) is 13.5. The zero-order chi connectivity index (χ0) is 22.8. The van der Waals surface area contributed by atoms with Crippen LogP contribution in [0.3, 0.4) is 0 Å². The highest BCUT2D eigenvalue weighted by Gasteiger charge is 2.10. The zero-order valence-electron chi connectivity index (χ0n) is 18.1. The summed E-state index contributed by atoms with van der Waals surface area (Å²) >= 11 is 6.39. The highest BCUT2D eigenvalue weighted by Crippen LogP contribution is 2.31. The van der Waals surface area contributed by atoms with Gasteiger partial charge in [0.25, 0.3) is 0 Å². The van der Waals surface area contributed by atoms with Gasteiger partial charge in [-0.25, -0.2) is 15.0 Å². The summed E-state index contributed by atoms with van der Waals surface area (Å²) in [5.41, 5.74) is 8.30. The number of rotatable bonds is 5. The fourth-order valence-electron chi connectivity index (χ4n) is 3.62. The van der Waals surface area contributed by atoms with Gasteiger partial charge in [-0.05, 0) is 61.0 Å². The Labute approximate surface area is 195 Å². The lowest BCUT2D eigenvalue weighted by Crippen LogP contribution is -1.99. The molecule has 3 heterocycles. The van der Waals surface area contributed by atoms with Gasteiger partial charge < -0.3 is 4.74 Å². The topological polar surface area (TPSA) is 72.3 Å². The number of hydrazone groups is 1. The van der Waals surface area contributed by atoms with E-state index in [1.807, 2.05) is 67.6 Å². The number of benzene rings is 2. The third kappa shape index (κ3) is 4.33. The largest absolute Gasteiger partial charge is 0.497 e. The normalized spacial score (nSPS) is 11.4. The molecule has 0 aliphatic carbocycles. The number of hydrogen-bond donors (Lipinski definition) is 1. The molecule has 5 aromatic rings. The number of anilines is 1. The fraction of sp³-hybridized carbons (Fsp3) is 0.0769. The van der Waals surface area contributed by atoms with Crippen molar-refractivity contribution in [2.75, 3.05) is 12.5 Å². The van der Waals surface area contributed by atoms with E-state index in [2.05, 4.69) is 26.6 Å². The van der Waals surface area contributed by atoms with Gasteiger partial charge in [-0.2, -0.15) is 5.10 Å². The second-order valence-electron chi connectivity index (χ2n) is 7.60. The average molecular weight is 454 g/mol. The van der Waals surface area contributed by atoms with E-state index in [9.17, 15) is 0 Å². The minimum atomic E-state index is 0.389. The van der Waals surface area contributed by atoms with Gasteiger partial charge >= 0.3 is 0 Å². The van der Waals surface area contributed by atoms with Gasteiger partial charge in [0.05, 0.1) is 18.8 Å². The van der Waals surface area contributed by atoms with Crippen LogP contribution in [-0.4, -0.2) is 28.3 Å². The minimum Gasteiger partial charge on any atom is -0.497 e. The number of nitrogens with one attached hydrogen (secondary N) is 1. The van der Waals surface area contributed by atoms with E-state index >= 15 is 0 Å². The molecular weight excluding hydrogens is 434 g/mol. The zero-order valence-corrected chi connectivity index (χ0v) is 18.8. The van der Waals surface area contributed by atoms with Crippen molar-refractivity contribution in [3.05, 3.63) is 89.2 Å². The Morgan fingerprint density at radius 1 is 0.970 bits per heavy atom. The molecule has 0 aliphatic rings. The first-order valence-corrected chi connectivity index (χ1v) is 10.7. The molecule has 33 heavy (non-hydrogen) atoms. The molecule has 162 valence electrons. The molecular formula is C26H20ClN5O. The highest BCUT2D eigenvalue weighted by molar-refractivity contribution is 6.32. The number of methoxy groups -OCH3 is 1. The standard InChI is InChI=1S/C26H20ClN5O/c1-16-5-10-23-19(12-16)13-20(24(27)30-23)15-29-32-26-22(17-6-8-21(33-2)9-7-17)14-18-4-3-11-28-25(18)31-26/h3-15H,1-2H3,(H,28,31,32)/b29-15+. The molecule has 7 heteroatoms. The number of aryl methyl sites for hydroxylation is 1. The number of ether oxygens (including phenoxy) is 1. The van der Waals surface area contributed by atoms with Crippen LogP contribution >= 0.6 is 11.6 Å². The van der Waals surface area contributed by atoms with Crippen molar-refractivity contribution in [2.45, 2.75) is 6.92 Å². The number of halogens is 1. The molecule has 1 N–H and O–H groups in total. The van der Waals surface area contributed by atoms with Crippen LogP contribution in [0.4, 0.5) is 5.82 Å². The van der Waals surface area contributed by atoms with Gasteiger partial charge in [-0.3, -0.25) is 5.43 Å². The summed E-state index contributed by atoms with van der Waals surface area (Å²) in [5, 5.41) is 6.75. The van der Waals surface area contributed by atoms with E-state index in [4.69, 9.17) is 21.3 Å². The first-order valence-electron chi connectivity index (χ1n) is 10.4. The summed E-state index contributed by atoms with van der Waals surface area (Å²) in [7, 11) is 1.65. The molecule has 5 rings (SSSR count). The fourth-order valence-corrected chi connectivity index (χ4v) is 3.82. The molecule has 0 bridgehead atoms. The lowest BCUT2D eigenvalue weighted by atomic mass is 10.0. The number of fused-ring (bicyclic) bond motifs is 2. The number of aromatic nitrogens is 3. The third-order valence-corrected chi connectivity index (χ3v) is 5.62. The second kappa shape index (κ2) is 8.84. The predicted octanol–water partition coefficient (Wildman–Crippen LogP) is 6.26. The summed E-state index contributed by atoms with van der Waals surface area (Å²) in [6, 6.07) is 21.7. The summed E-state index contributed by atoms with van der Waals surface area (Å²) < 4.78 is 5.29. The van der Waals surface area contributed by atoms with Crippen molar-refractivity contribution in [1.29, 1.82) is 0 Å². The van der Waals surface area contributed by atoms with Crippen LogP contribution in [0.15, 0.2) is 78.0 Å². The van der Waals surface area contributed by atoms with E-state index in [-0.39, 0.29) is 0 Å². The van der Waals surface area contributed by atoms with Crippen LogP contribution in [0.2, 0.25) is 5.15 Å². The third-order valence-electron chi connectivity index (χ3n) is 5.32. The van der Waals surface area contributed by atoms with E-state index in [1.165, 1.54) is 0 Å². The van der Waals surface area contributed by atoms with E-state index in [1.54, 1.807) is 19.5 Å². The number of nitrogens with zero attached hydrogens (tertiary/aromatic N) is 4. The molecule has 0 fully saturated rings. The van der Waals surface area contributed by atoms with Crippen molar-refractivity contribution in [3.8, 4) is 16.9 Å². The van der Waals surface area contributed by atoms with Crippen molar-refractivity contribution in [3.63, 3.8) is 0 Å². The Morgan fingerprint density at radius 2 is 1.82 bits per heavy atom. The van der Waals surface area contributed by atoms with Gasteiger partial charge in [0.2, 0.25) is 0 Å². The van der Waals surface area contributed by atoms with E-state index in [0.29, 0.717) is 22.2 Å². The van der Waals surface area contributed by atoms with Gasteiger partial charge in [0.1, 0.15) is 10.9 Å². The van der Waals surface area contributed by atoms with Crippen LogP contribution < -0.4 is 10.2 Å². The van der Waals surface area contributed by atoms with E-state index < -0.39 is 0 Å². The molecule has 0 unspecified atom stereocenters. The Bertz CT molecular complexity index is 1500. The maximum absolute atomic E-state index is 6.39. The number of pyridine rings is 3. The SMILES string of the molecule is COc1ccc(-c2cc3cccnc3nc2N/N=C/c2cc3cc(C)ccc3nc2Cl)cc1. The molecule has 6 nitrogen and oxygen atoms in total. The first-order chi connectivity index (χ1) is 16.1. The van der Waals surface area contributed by atoms with Gasteiger partial charge in [0.15, 0.2) is 11.5 Å². The molecule has 2 aromatic carbocycles. The van der Waals surface area contributed by atoms with Crippen molar-refractivity contribution in [1.82, 2.24) is 15.0 Å². The molecule has 0 radical (unpaired) electrons. The lowest BCUT2D eigenvalue weighted by molar-refractivity contribution is 0.415. The van der Waals surface area contributed by atoms with E-state index in [0.717, 1.165) is 38.7 Å².